The number of hydrogen-bond acceptors (Lipinski definition) is 3. The molecule has 2 aliphatic carbocycles. The van der Waals surface area contributed by atoms with Crippen LogP contribution in [0.3, 0.4) is 0 Å². The van der Waals surface area contributed by atoms with Crippen LogP contribution in [0, 0.1) is 11.8 Å². The summed E-state index contributed by atoms with van der Waals surface area (Å²) in [5.41, 5.74) is 5.97. The molecule has 0 fully saturated rings. The Morgan fingerprint density at radius 1 is 1.24 bits per heavy atom. The van der Waals surface area contributed by atoms with Crippen LogP contribution >= 0.6 is 0 Å². The van der Waals surface area contributed by atoms with Gasteiger partial charge in [0.15, 0.2) is 0 Å². The van der Waals surface area contributed by atoms with Gasteiger partial charge < -0.3 is 15.9 Å². The number of allylic oxidation sites excluding steroid dienone is 5. The van der Waals surface area contributed by atoms with Gasteiger partial charge in [-0.3, -0.25) is 4.79 Å². The van der Waals surface area contributed by atoms with Crippen LogP contribution in [0.15, 0.2) is 36.0 Å². The lowest BCUT2D eigenvalue weighted by Gasteiger charge is -2.20. The predicted octanol–water partition coefficient (Wildman–Crippen LogP) is 2.35. The molecule has 0 saturated heterocycles. The molecule has 0 spiro atoms. The zero-order valence-corrected chi connectivity index (χ0v) is 12.2. The van der Waals surface area contributed by atoms with Crippen LogP contribution in [0.5, 0.6) is 0 Å². The van der Waals surface area contributed by atoms with E-state index in [2.05, 4.69) is 6.08 Å². The molecule has 2 rings (SSSR count). The van der Waals surface area contributed by atoms with Crippen LogP contribution in [0.1, 0.15) is 32.6 Å². The number of aliphatic carboxylic acids is 2. The highest BCUT2D eigenvalue weighted by Crippen LogP contribution is 2.20. The third kappa shape index (κ3) is 5.55. The first-order valence-corrected chi connectivity index (χ1v) is 7.16. The van der Waals surface area contributed by atoms with Gasteiger partial charge in [-0.25, -0.2) is 4.79 Å². The van der Waals surface area contributed by atoms with Crippen molar-refractivity contribution >= 4 is 11.9 Å². The number of carboxylic acid groups (broad SMARTS) is 2. The van der Waals surface area contributed by atoms with Gasteiger partial charge in [-0.1, -0.05) is 37.3 Å². The quantitative estimate of drug-likeness (QED) is 0.693. The van der Waals surface area contributed by atoms with Crippen molar-refractivity contribution in [3.05, 3.63) is 36.0 Å². The van der Waals surface area contributed by atoms with E-state index in [4.69, 9.17) is 15.9 Å². The molecule has 0 aromatic carbocycles. The highest BCUT2D eigenvalue weighted by atomic mass is 16.4. The molecule has 3 atom stereocenters. The molecule has 116 valence electrons. The molecule has 0 aromatic rings. The van der Waals surface area contributed by atoms with E-state index in [9.17, 15) is 9.59 Å². The zero-order chi connectivity index (χ0) is 15.8. The first kappa shape index (κ1) is 17.2. The van der Waals surface area contributed by atoms with E-state index in [0.717, 1.165) is 25.7 Å². The summed E-state index contributed by atoms with van der Waals surface area (Å²) in [4.78, 5) is 20.9. The topological polar surface area (TPSA) is 101 Å². The number of carbonyl (C=O) groups is 2. The van der Waals surface area contributed by atoms with E-state index in [1.54, 1.807) is 12.2 Å². The van der Waals surface area contributed by atoms with E-state index in [-0.39, 0.29) is 11.8 Å². The van der Waals surface area contributed by atoms with Crippen molar-refractivity contribution in [3.8, 4) is 0 Å². The molecule has 0 aromatic heterocycles. The molecule has 0 amide bonds. The maximum Gasteiger partial charge on any atom is 0.331 e. The van der Waals surface area contributed by atoms with Gasteiger partial charge in [0.25, 0.3) is 0 Å². The van der Waals surface area contributed by atoms with E-state index in [1.807, 2.05) is 19.1 Å². The monoisotopic (exact) mass is 293 g/mol. The minimum Gasteiger partial charge on any atom is -0.480 e. The largest absolute Gasteiger partial charge is 0.480 e. The molecule has 5 nitrogen and oxygen atoms in total. The smallest absolute Gasteiger partial charge is 0.331 e. The van der Waals surface area contributed by atoms with Crippen LogP contribution in [0.25, 0.3) is 0 Å². The lowest BCUT2D eigenvalue weighted by atomic mass is 9.88. The van der Waals surface area contributed by atoms with E-state index in [0.29, 0.717) is 5.57 Å². The summed E-state index contributed by atoms with van der Waals surface area (Å²) in [6, 6.07) is -0.681. The first-order chi connectivity index (χ1) is 9.93. The molecule has 2 aliphatic rings. The highest BCUT2D eigenvalue weighted by molar-refractivity contribution is 5.87. The highest BCUT2D eigenvalue weighted by Gasteiger charge is 2.23. The molecule has 1 unspecified atom stereocenters. The van der Waals surface area contributed by atoms with Gasteiger partial charge in [-0.2, -0.15) is 0 Å². The molecular formula is C16H23NO4. The summed E-state index contributed by atoms with van der Waals surface area (Å²) in [6.45, 7) is 1.92. The predicted molar refractivity (Wildman–Crippen MR) is 80.7 cm³/mol. The Kier molecular flexibility index (Phi) is 6.88. The maximum absolute atomic E-state index is 10.5. The second kappa shape index (κ2) is 8.42. The summed E-state index contributed by atoms with van der Waals surface area (Å²) in [5.74, 6) is -1.37. The molecule has 5 heteroatoms. The molecule has 4 N–H and O–H groups in total. The molecule has 0 bridgehead atoms. The number of carboxylic acids is 2. The van der Waals surface area contributed by atoms with Crippen molar-refractivity contribution in [1.29, 1.82) is 0 Å². The Morgan fingerprint density at radius 2 is 1.95 bits per heavy atom. The molecule has 0 heterocycles. The van der Waals surface area contributed by atoms with Gasteiger partial charge in [0.05, 0.1) is 0 Å². The lowest BCUT2D eigenvalue weighted by Crippen LogP contribution is -2.38. The normalized spacial score (nSPS) is 25.3. The summed E-state index contributed by atoms with van der Waals surface area (Å²) >= 11 is 0. The molecule has 0 radical (unpaired) electrons. The maximum atomic E-state index is 10.5. The van der Waals surface area contributed by atoms with Gasteiger partial charge in [0.1, 0.15) is 6.04 Å². The van der Waals surface area contributed by atoms with Gasteiger partial charge in [-0.15, -0.1) is 0 Å². The summed E-state index contributed by atoms with van der Waals surface area (Å²) in [7, 11) is 0. The van der Waals surface area contributed by atoms with Crippen LogP contribution < -0.4 is 5.73 Å². The standard InChI is InChI=1S/C8H13NO2.C8H10O2/c9-7(8(10)11)6-4-2-1-3-5-6;1-6-4-2-3-5-7(6)8(9)10/h1-2,6-7H,3-5,9H2,(H,10,11);2-3,5-6H,4H2,1H3,(H,9,10)/t6-,7?;6-/m10/s1. The molecular weight excluding hydrogens is 270 g/mol. The fourth-order valence-corrected chi connectivity index (χ4v) is 2.37. The number of rotatable bonds is 3. The average Bonchev–Trinajstić information content (AvgIpc) is 2.48. The minimum atomic E-state index is -0.884. The molecule has 0 saturated carbocycles. The van der Waals surface area contributed by atoms with Crippen molar-refractivity contribution in [3.63, 3.8) is 0 Å². The van der Waals surface area contributed by atoms with Crippen molar-refractivity contribution in [2.24, 2.45) is 17.6 Å². The minimum absolute atomic E-state index is 0.137. The van der Waals surface area contributed by atoms with Crippen LogP contribution in [-0.2, 0) is 9.59 Å². The number of hydrogen-bond donors (Lipinski definition) is 3. The summed E-state index contributed by atoms with van der Waals surface area (Å²) < 4.78 is 0. The van der Waals surface area contributed by atoms with E-state index >= 15 is 0 Å². The fraction of sp³-hybridized carbons (Fsp3) is 0.500. The van der Waals surface area contributed by atoms with E-state index < -0.39 is 18.0 Å². The second-order valence-corrected chi connectivity index (χ2v) is 5.40. The molecule has 0 aliphatic heterocycles. The fourth-order valence-electron chi connectivity index (χ4n) is 2.37. The Balaban J connectivity index is 0.000000211. The van der Waals surface area contributed by atoms with Crippen LogP contribution in [-0.4, -0.2) is 28.2 Å². The van der Waals surface area contributed by atoms with Crippen LogP contribution in [0.2, 0.25) is 0 Å². The lowest BCUT2D eigenvalue weighted by molar-refractivity contribution is -0.140. The van der Waals surface area contributed by atoms with Gasteiger partial charge >= 0.3 is 11.9 Å². The SMILES string of the molecule is C[C@H]1CC=CC=C1C(=O)O.NC(C(=O)O)[C@@H]1CC=CCC1. The Labute approximate surface area is 124 Å². The third-order valence-electron chi connectivity index (χ3n) is 3.78. The Morgan fingerprint density at radius 3 is 2.38 bits per heavy atom. The van der Waals surface area contributed by atoms with E-state index in [1.165, 1.54) is 0 Å². The zero-order valence-electron chi connectivity index (χ0n) is 12.2. The van der Waals surface area contributed by atoms with Crippen molar-refractivity contribution in [2.75, 3.05) is 0 Å². The summed E-state index contributed by atoms with van der Waals surface area (Å²) in [5, 5.41) is 17.2. The van der Waals surface area contributed by atoms with Crippen molar-refractivity contribution in [2.45, 2.75) is 38.6 Å². The number of nitrogens with two attached hydrogens (primary N) is 1. The molecule has 21 heavy (non-hydrogen) atoms. The Hall–Kier alpha value is -1.88. The average molecular weight is 293 g/mol. The van der Waals surface area contributed by atoms with Gasteiger partial charge in [0.2, 0.25) is 0 Å². The Bertz CT molecular complexity index is 465. The van der Waals surface area contributed by atoms with Gasteiger partial charge in [0, 0.05) is 5.57 Å². The van der Waals surface area contributed by atoms with Gasteiger partial charge in [-0.05, 0) is 37.5 Å². The van der Waals surface area contributed by atoms with Crippen molar-refractivity contribution < 1.29 is 19.8 Å². The second-order valence-electron chi connectivity index (χ2n) is 5.40. The third-order valence-corrected chi connectivity index (χ3v) is 3.78. The summed E-state index contributed by atoms with van der Waals surface area (Å²) in [6.07, 6.45) is 13.1. The van der Waals surface area contributed by atoms with Crippen LogP contribution in [0.4, 0.5) is 0 Å². The van der Waals surface area contributed by atoms with Crippen molar-refractivity contribution in [1.82, 2.24) is 0 Å². The first-order valence-electron chi connectivity index (χ1n) is 7.16.